The molecule has 3 N–H and O–H groups in total. The third-order valence-electron chi connectivity index (χ3n) is 5.01. The van der Waals surface area contributed by atoms with Gasteiger partial charge in [0, 0.05) is 11.6 Å². The Morgan fingerprint density at radius 3 is 2.62 bits per heavy atom. The Kier molecular flexibility index (Phi) is 6.66. The van der Waals surface area contributed by atoms with Crippen molar-refractivity contribution in [2.45, 2.75) is 25.7 Å². The normalized spacial score (nSPS) is 12.6. The molecule has 4 rings (SSSR count). The molecule has 8 nitrogen and oxygen atoms in total. The van der Waals surface area contributed by atoms with Crippen LogP contribution in [0.2, 0.25) is 0 Å². The summed E-state index contributed by atoms with van der Waals surface area (Å²) < 4.78 is 47.3. The SMILES string of the molecule is Cc1nc2ccc(-c3ccccc3C(F)(F)F)nn2c1NCc1cccc(OCC(O)CO)n1. The summed E-state index contributed by atoms with van der Waals surface area (Å²) in [6.07, 6.45) is -5.52. The predicted octanol–water partition coefficient (Wildman–Crippen LogP) is 3.46. The summed E-state index contributed by atoms with van der Waals surface area (Å²) in [5.41, 5.74) is 1.09. The van der Waals surface area contributed by atoms with Crippen LogP contribution < -0.4 is 10.1 Å². The summed E-state index contributed by atoms with van der Waals surface area (Å²) in [4.78, 5) is 8.77. The highest BCUT2D eigenvalue weighted by atomic mass is 19.4. The van der Waals surface area contributed by atoms with E-state index in [0.29, 0.717) is 22.9 Å². The highest BCUT2D eigenvalue weighted by Gasteiger charge is 2.33. The third-order valence-corrected chi connectivity index (χ3v) is 5.01. The maximum atomic E-state index is 13.5. The van der Waals surface area contributed by atoms with E-state index in [-0.39, 0.29) is 30.3 Å². The van der Waals surface area contributed by atoms with Crippen molar-refractivity contribution in [1.82, 2.24) is 19.6 Å². The smallest absolute Gasteiger partial charge is 0.417 e. The van der Waals surface area contributed by atoms with Gasteiger partial charge in [-0.2, -0.15) is 22.8 Å². The summed E-state index contributed by atoms with van der Waals surface area (Å²) in [6, 6.07) is 13.5. The first-order valence-electron chi connectivity index (χ1n) is 10.4. The van der Waals surface area contributed by atoms with Crippen molar-refractivity contribution in [3.8, 4) is 17.1 Å². The number of hydrogen-bond donors (Lipinski definition) is 3. The molecule has 1 unspecified atom stereocenters. The maximum absolute atomic E-state index is 13.5. The molecule has 1 atom stereocenters. The van der Waals surface area contributed by atoms with E-state index >= 15 is 0 Å². The first kappa shape index (κ1) is 23.5. The number of aryl methyl sites for hydroxylation is 1. The third kappa shape index (κ3) is 5.10. The zero-order valence-electron chi connectivity index (χ0n) is 18.1. The number of imidazole rings is 1. The van der Waals surface area contributed by atoms with Crippen LogP contribution in [0.1, 0.15) is 17.0 Å². The fourth-order valence-corrected chi connectivity index (χ4v) is 3.39. The summed E-state index contributed by atoms with van der Waals surface area (Å²) in [6.45, 7) is 1.51. The predicted molar refractivity (Wildman–Crippen MR) is 118 cm³/mol. The van der Waals surface area contributed by atoms with Crippen molar-refractivity contribution in [1.29, 1.82) is 0 Å². The number of benzene rings is 1. The van der Waals surface area contributed by atoms with Gasteiger partial charge in [0.1, 0.15) is 12.7 Å². The van der Waals surface area contributed by atoms with Gasteiger partial charge in [0.25, 0.3) is 0 Å². The van der Waals surface area contributed by atoms with Crippen LogP contribution in [0.15, 0.2) is 54.6 Å². The largest absolute Gasteiger partial charge is 0.475 e. The Hall–Kier alpha value is -3.70. The number of rotatable bonds is 8. The fraction of sp³-hybridized carbons (Fsp3) is 0.261. The number of anilines is 1. The van der Waals surface area contributed by atoms with Crippen LogP contribution >= 0.6 is 0 Å². The van der Waals surface area contributed by atoms with Crippen LogP contribution in [0.4, 0.5) is 19.0 Å². The second-order valence-corrected chi connectivity index (χ2v) is 7.55. The number of hydrogen-bond acceptors (Lipinski definition) is 7. The Morgan fingerprint density at radius 2 is 1.85 bits per heavy atom. The molecule has 0 aliphatic heterocycles. The number of nitrogens with one attached hydrogen (secondary N) is 1. The molecule has 1 aromatic carbocycles. The Bertz CT molecular complexity index is 1290. The van der Waals surface area contributed by atoms with E-state index in [9.17, 15) is 18.3 Å². The number of halogens is 3. The lowest BCUT2D eigenvalue weighted by Gasteiger charge is -2.13. The minimum absolute atomic E-state index is 0.0224. The van der Waals surface area contributed by atoms with Crippen molar-refractivity contribution in [3.63, 3.8) is 0 Å². The second kappa shape index (κ2) is 9.65. The standard InChI is InChI=1S/C23H22F3N5O3/c1-14-22(27-11-15-5-4-8-21(29-15)34-13-16(33)12-32)31-20(28-14)10-9-19(30-31)17-6-2-3-7-18(17)23(24,25)26/h2-10,16,27,32-33H,11-13H2,1H3. The molecule has 3 heterocycles. The molecule has 0 saturated heterocycles. The summed E-state index contributed by atoms with van der Waals surface area (Å²) in [5.74, 6) is 0.802. The Morgan fingerprint density at radius 1 is 1.06 bits per heavy atom. The van der Waals surface area contributed by atoms with E-state index in [1.54, 1.807) is 31.2 Å². The zero-order valence-corrected chi connectivity index (χ0v) is 18.1. The lowest BCUT2D eigenvalue weighted by Crippen LogP contribution is -2.21. The van der Waals surface area contributed by atoms with Gasteiger partial charge in [0.2, 0.25) is 5.88 Å². The molecule has 0 aliphatic rings. The average molecular weight is 473 g/mol. The van der Waals surface area contributed by atoms with E-state index in [4.69, 9.17) is 9.84 Å². The van der Waals surface area contributed by atoms with Crippen molar-refractivity contribution in [2.75, 3.05) is 18.5 Å². The van der Waals surface area contributed by atoms with Gasteiger partial charge in [0.05, 0.1) is 35.8 Å². The van der Waals surface area contributed by atoms with Crippen LogP contribution in [0.3, 0.4) is 0 Å². The Balaban J connectivity index is 1.60. The lowest BCUT2D eigenvalue weighted by atomic mass is 10.0. The molecule has 0 bridgehead atoms. The van der Waals surface area contributed by atoms with Crippen LogP contribution in [0.25, 0.3) is 16.9 Å². The van der Waals surface area contributed by atoms with Crippen LogP contribution in [-0.2, 0) is 12.7 Å². The second-order valence-electron chi connectivity index (χ2n) is 7.55. The Labute approximate surface area is 192 Å². The molecule has 4 aromatic rings. The summed E-state index contributed by atoms with van der Waals surface area (Å²) in [7, 11) is 0. The van der Waals surface area contributed by atoms with Crippen molar-refractivity contribution in [3.05, 3.63) is 71.5 Å². The number of nitrogens with zero attached hydrogens (tertiary/aromatic N) is 4. The maximum Gasteiger partial charge on any atom is 0.417 e. The van der Waals surface area contributed by atoms with Gasteiger partial charge < -0.3 is 20.3 Å². The monoisotopic (exact) mass is 473 g/mol. The minimum Gasteiger partial charge on any atom is -0.475 e. The highest BCUT2D eigenvalue weighted by Crippen LogP contribution is 2.36. The molecule has 0 radical (unpaired) electrons. The van der Waals surface area contributed by atoms with E-state index < -0.39 is 24.5 Å². The van der Waals surface area contributed by atoms with Crippen LogP contribution in [0, 0.1) is 6.92 Å². The molecular formula is C23H22F3N5O3. The molecule has 3 aromatic heterocycles. The van der Waals surface area contributed by atoms with Crippen LogP contribution in [-0.4, -0.2) is 49.1 Å². The van der Waals surface area contributed by atoms with E-state index in [1.807, 2.05) is 0 Å². The number of alkyl halides is 3. The fourth-order valence-electron chi connectivity index (χ4n) is 3.39. The van der Waals surface area contributed by atoms with Crippen molar-refractivity contribution < 1.29 is 28.1 Å². The van der Waals surface area contributed by atoms with Crippen molar-refractivity contribution >= 4 is 11.5 Å². The molecule has 11 heteroatoms. The van der Waals surface area contributed by atoms with Gasteiger partial charge >= 0.3 is 6.18 Å². The summed E-state index contributed by atoms with van der Waals surface area (Å²) >= 11 is 0. The molecule has 0 aliphatic carbocycles. The van der Waals surface area contributed by atoms with Crippen LogP contribution in [0.5, 0.6) is 5.88 Å². The van der Waals surface area contributed by atoms with Gasteiger partial charge in [-0.15, -0.1) is 0 Å². The van der Waals surface area contributed by atoms with Crippen molar-refractivity contribution in [2.24, 2.45) is 0 Å². The number of aromatic nitrogens is 4. The zero-order chi connectivity index (χ0) is 24.3. The first-order valence-corrected chi connectivity index (χ1v) is 10.4. The minimum atomic E-state index is -4.51. The lowest BCUT2D eigenvalue weighted by molar-refractivity contribution is -0.137. The molecule has 178 valence electrons. The number of fused-ring (bicyclic) bond motifs is 1. The van der Waals surface area contributed by atoms with E-state index in [0.717, 1.165) is 6.07 Å². The van der Waals surface area contributed by atoms with Gasteiger partial charge in [-0.05, 0) is 31.2 Å². The van der Waals surface area contributed by atoms with E-state index in [1.165, 1.54) is 28.8 Å². The quantitative estimate of drug-likeness (QED) is 0.360. The average Bonchev–Trinajstić information content (AvgIpc) is 3.15. The van der Waals surface area contributed by atoms with E-state index in [2.05, 4.69) is 20.4 Å². The molecule has 34 heavy (non-hydrogen) atoms. The molecule has 0 fully saturated rings. The topological polar surface area (TPSA) is 105 Å². The number of aliphatic hydroxyl groups is 2. The first-order chi connectivity index (χ1) is 16.3. The number of pyridine rings is 1. The molecule has 0 amide bonds. The van der Waals surface area contributed by atoms with Gasteiger partial charge in [0.15, 0.2) is 11.5 Å². The highest BCUT2D eigenvalue weighted by molar-refractivity contribution is 5.66. The van der Waals surface area contributed by atoms with Gasteiger partial charge in [-0.25, -0.2) is 9.97 Å². The molecular weight excluding hydrogens is 451 g/mol. The van der Waals surface area contributed by atoms with Gasteiger partial charge in [-0.1, -0.05) is 24.3 Å². The number of ether oxygens (including phenoxy) is 1. The molecule has 0 spiro atoms. The van der Waals surface area contributed by atoms with Gasteiger partial charge in [-0.3, -0.25) is 0 Å². The summed E-state index contributed by atoms with van der Waals surface area (Å²) in [5, 5.41) is 25.9. The molecule has 0 saturated carbocycles. The number of aliphatic hydroxyl groups excluding tert-OH is 2.